The first-order valence-electron chi connectivity index (χ1n) is 5.83. The van der Waals surface area contributed by atoms with Gasteiger partial charge >= 0.3 is 0 Å². The molecule has 1 nitrogen and oxygen atoms in total. The van der Waals surface area contributed by atoms with E-state index < -0.39 is 0 Å². The fraction of sp³-hybridized carbons (Fsp3) is 0.333. The summed E-state index contributed by atoms with van der Waals surface area (Å²) in [5.41, 5.74) is 2.65. The predicted octanol–water partition coefficient (Wildman–Crippen LogP) is 3.65. The third-order valence-corrected chi connectivity index (χ3v) is 3.45. The lowest BCUT2D eigenvalue weighted by Crippen LogP contribution is -2.29. The quantitative estimate of drug-likeness (QED) is 0.647. The van der Waals surface area contributed by atoms with Crippen molar-refractivity contribution in [1.82, 2.24) is 0 Å². The van der Waals surface area contributed by atoms with Crippen LogP contribution >= 0.6 is 0 Å². The Morgan fingerprint density at radius 1 is 1.06 bits per heavy atom. The number of benzene rings is 2. The van der Waals surface area contributed by atoms with E-state index in [9.17, 15) is 0 Å². The lowest BCUT2D eigenvalue weighted by Gasteiger charge is -2.34. The van der Waals surface area contributed by atoms with E-state index in [0.29, 0.717) is 0 Å². The maximum absolute atomic E-state index is 5.90. The number of hydrogen-bond acceptors (Lipinski definition) is 1. The Hall–Kier alpha value is -1.34. The topological polar surface area (TPSA) is 9.23 Å². The smallest absolute Gasteiger partial charge is 0.0884 e. The molecule has 1 heteroatoms. The van der Waals surface area contributed by atoms with Crippen LogP contribution in [-0.2, 0) is 16.8 Å². The number of ether oxygens (including phenoxy) is 1. The molecule has 0 fully saturated rings. The van der Waals surface area contributed by atoms with Crippen molar-refractivity contribution >= 4 is 10.8 Å². The molecule has 0 unspecified atom stereocenters. The summed E-state index contributed by atoms with van der Waals surface area (Å²) in [6, 6.07) is 13.0. The summed E-state index contributed by atoms with van der Waals surface area (Å²) in [6.07, 6.45) is 1.03. The molecular formula is C15H16O. The van der Waals surface area contributed by atoms with Crippen LogP contribution in [0, 0.1) is 0 Å². The molecule has 3 rings (SSSR count). The Morgan fingerprint density at radius 2 is 1.88 bits per heavy atom. The van der Waals surface area contributed by atoms with Crippen molar-refractivity contribution in [2.45, 2.75) is 25.9 Å². The second-order valence-corrected chi connectivity index (χ2v) is 4.93. The van der Waals surface area contributed by atoms with E-state index >= 15 is 0 Å². The van der Waals surface area contributed by atoms with E-state index in [0.717, 1.165) is 13.0 Å². The molecule has 2 aromatic carbocycles. The highest BCUT2D eigenvalue weighted by Crippen LogP contribution is 2.37. The first kappa shape index (κ1) is 9.86. The summed E-state index contributed by atoms with van der Waals surface area (Å²) >= 11 is 0. The van der Waals surface area contributed by atoms with Crippen LogP contribution < -0.4 is 0 Å². The van der Waals surface area contributed by atoms with Crippen LogP contribution in [0.15, 0.2) is 36.4 Å². The van der Waals surface area contributed by atoms with Crippen LogP contribution in [0.25, 0.3) is 10.8 Å². The minimum Gasteiger partial charge on any atom is -0.371 e. The summed E-state index contributed by atoms with van der Waals surface area (Å²) in [6.45, 7) is 5.16. The maximum Gasteiger partial charge on any atom is 0.0884 e. The van der Waals surface area contributed by atoms with Gasteiger partial charge in [-0.05, 0) is 42.2 Å². The van der Waals surface area contributed by atoms with E-state index in [1.54, 1.807) is 0 Å². The summed E-state index contributed by atoms with van der Waals surface area (Å²) < 4.78 is 5.90. The van der Waals surface area contributed by atoms with Gasteiger partial charge in [-0.15, -0.1) is 0 Å². The molecule has 0 aliphatic carbocycles. The average molecular weight is 212 g/mol. The Balaban J connectivity index is 2.39. The van der Waals surface area contributed by atoms with Crippen molar-refractivity contribution in [3.05, 3.63) is 47.5 Å². The van der Waals surface area contributed by atoms with Crippen molar-refractivity contribution in [3.8, 4) is 0 Å². The van der Waals surface area contributed by atoms with Crippen molar-refractivity contribution in [3.63, 3.8) is 0 Å². The normalized spacial score (nSPS) is 18.4. The Labute approximate surface area is 96.0 Å². The minimum absolute atomic E-state index is 0.158. The molecule has 0 aromatic heterocycles. The summed E-state index contributed by atoms with van der Waals surface area (Å²) in [5, 5.41) is 2.64. The monoisotopic (exact) mass is 212 g/mol. The lowest BCUT2D eigenvalue weighted by molar-refractivity contribution is -0.0302. The molecule has 82 valence electrons. The van der Waals surface area contributed by atoms with Gasteiger partial charge in [-0.25, -0.2) is 0 Å². The van der Waals surface area contributed by atoms with Crippen LogP contribution in [0.3, 0.4) is 0 Å². The van der Waals surface area contributed by atoms with Crippen LogP contribution in [0.1, 0.15) is 25.0 Å². The van der Waals surface area contributed by atoms with Gasteiger partial charge in [0.15, 0.2) is 0 Å². The van der Waals surface area contributed by atoms with E-state index in [1.807, 2.05) is 0 Å². The van der Waals surface area contributed by atoms with Crippen molar-refractivity contribution < 1.29 is 4.74 Å². The summed E-state index contributed by atoms with van der Waals surface area (Å²) in [5.74, 6) is 0. The van der Waals surface area contributed by atoms with Gasteiger partial charge in [0.2, 0.25) is 0 Å². The third kappa shape index (κ3) is 1.35. The molecule has 16 heavy (non-hydrogen) atoms. The zero-order valence-corrected chi connectivity index (χ0v) is 9.79. The fourth-order valence-corrected chi connectivity index (χ4v) is 2.72. The molecule has 0 radical (unpaired) electrons. The fourth-order valence-electron chi connectivity index (χ4n) is 2.72. The molecule has 0 amide bonds. The van der Waals surface area contributed by atoms with Gasteiger partial charge in [0, 0.05) is 0 Å². The molecule has 0 bridgehead atoms. The van der Waals surface area contributed by atoms with Gasteiger partial charge in [0.05, 0.1) is 12.2 Å². The van der Waals surface area contributed by atoms with Gasteiger partial charge < -0.3 is 4.74 Å². The zero-order chi connectivity index (χ0) is 11.2. The Bertz CT molecular complexity index is 540. The molecule has 0 spiro atoms. The molecule has 1 heterocycles. The van der Waals surface area contributed by atoms with Crippen LogP contribution in [0.2, 0.25) is 0 Å². The Morgan fingerprint density at radius 3 is 2.75 bits per heavy atom. The minimum atomic E-state index is -0.158. The number of rotatable bonds is 0. The van der Waals surface area contributed by atoms with E-state index in [4.69, 9.17) is 4.74 Å². The highest BCUT2D eigenvalue weighted by molar-refractivity contribution is 5.87. The van der Waals surface area contributed by atoms with Crippen LogP contribution in [0.5, 0.6) is 0 Å². The van der Waals surface area contributed by atoms with Crippen molar-refractivity contribution in [2.75, 3.05) is 6.61 Å². The standard InChI is InChI=1S/C15H16O/c1-15(2)14-12(9-10-16-15)8-7-11-5-3-4-6-13(11)14/h3-8H,9-10H2,1-2H3. The maximum atomic E-state index is 5.90. The first-order chi connectivity index (χ1) is 7.68. The highest BCUT2D eigenvalue weighted by atomic mass is 16.5. The molecule has 0 saturated heterocycles. The van der Waals surface area contributed by atoms with Crippen molar-refractivity contribution in [1.29, 1.82) is 0 Å². The van der Waals surface area contributed by atoms with Gasteiger partial charge in [0.1, 0.15) is 0 Å². The second kappa shape index (κ2) is 3.33. The van der Waals surface area contributed by atoms with Gasteiger partial charge in [-0.2, -0.15) is 0 Å². The zero-order valence-electron chi connectivity index (χ0n) is 9.79. The van der Waals surface area contributed by atoms with Gasteiger partial charge in [-0.1, -0.05) is 36.4 Å². The molecular weight excluding hydrogens is 196 g/mol. The summed E-state index contributed by atoms with van der Waals surface area (Å²) in [7, 11) is 0. The number of fused-ring (bicyclic) bond motifs is 3. The molecule has 0 atom stereocenters. The number of hydrogen-bond donors (Lipinski definition) is 0. The largest absolute Gasteiger partial charge is 0.371 e. The molecule has 1 aliphatic rings. The molecule has 0 N–H and O–H groups in total. The summed E-state index contributed by atoms with van der Waals surface area (Å²) in [4.78, 5) is 0. The second-order valence-electron chi connectivity index (χ2n) is 4.93. The molecule has 0 saturated carbocycles. The highest BCUT2D eigenvalue weighted by Gasteiger charge is 2.29. The molecule has 1 aliphatic heterocycles. The average Bonchev–Trinajstić information content (AvgIpc) is 2.28. The van der Waals surface area contributed by atoms with Gasteiger partial charge in [0.25, 0.3) is 0 Å². The lowest BCUT2D eigenvalue weighted by atomic mass is 9.85. The van der Waals surface area contributed by atoms with Crippen LogP contribution in [-0.4, -0.2) is 6.61 Å². The van der Waals surface area contributed by atoms with E-state index in [2.05, 4.69) is 50.2 Å². The Kier molecular flexibility index (Phi) is 2.05. The van der Waals surface area contributed by atoms with Gasteiger partial charge in [-0.3, -0.25) is 0 Å². The van der Waals surface area contributed by atoms with E-state index in [-0.39, 0.29) is 5.60 Å². The van der Waals surface area contributed by atoms with E-state index in [1.165, 1.54) is 21.9 Å². The molecule has 2 aromatic rings. The first-order valence-corrected chi connectivity index (χ1v) is 5.83. The third-order valence-electron chi connectivity index (χ3n) is 3.45. The van der Waals surface area contributed by atoms with Crippen molar-refractivity contribution in [2.24, 2.45) is 0 Å². The predicted molar refractivity (Wildman–Crippen MR) is 66.6 cm³/mol. The SMILES string of the molecule is CC1(C)OCCc2ccc3ccccc3c21. The van der Waals surface area contributed by atoms with Crippen LogP contribution in [0.4, 0.5) is 0 Å².